The molecule has 0 saturated carbocycles. The predicted molar refractivity (Wildman–Crippen MR) is 116 cm³/mol. The number of piperidine rings is 1. The Morgan fingerprint density at radius 2 is 1.69 bits per heavy atom. The maximum atomic E-state index is 12.4. The van der Waals surface area contributed by atoms with Gasteiger partial charge in [0.2, 0.25) is 10.0 Å². The van der Waals surface area contributed by atoms with Crippen molar-refractivity contribution >= 4 is 21.6 Å². The Morgan fingerprint density at radius 3 is 2.38 bits per heavy atom. The average molecular weight is 416 g/mol. The van der Waals surface area contributed by atoms with Crippen molar-refractivity contribution in [2.24, 2.45) is 0 Å². The molecule has 1 fully saturated rings. The van der Waals surface area contributed by atoms with Crippen molar-refractivity contribution in [3.05, 3.63) is 65.2 Å². The first-order valence-corrected chi connectivity index (χ1v) is 11.8. The maximum absolute atomic E-state index is 12.4. The number of amides is 1. The van der Waals surface area contributed by atoms with Crippen LogP contribution in [0.2, 0.25) is 0 Å². The number of rotatable bonds is 8. The molecule has 0 radical (unpaired) electrons. The summed E-state index contributed by atoms with van der Waals surface area (Å²) in [5.41, 5.74) is 3.29. The van der Waals surface area contributed by atoms with Crippen LogP contribution in [0.25, 0.3) is 0 Å². The Bertz CT molecular complexity index is 921. The van der Waals surface area contributed by atoms with Crippen LogP contribution in [0.5, 0.6) is 0 Å². The molecule has 1 heterocycles. The largest absolute Gasteiger partial charge is 0.348 e. The van der Waals surface area contributed by atoms with Crippen LogP contribution in [0.1, 0.15) is 47.7 Å². The molecule has 0 unspecified atom stereocenters. The summed E-state index contributed by atoms with van der Waals surface area (Å²) in [5, 5.41) is 2.93. The molecule has 0 aromatic heterocycles. The van der Waals surface area contributed by atoms with Crippen molar-refractivity contribution in [3.8, 4) is 0 Å². The van der Waals surface area contributed by atoms with Gasteiger partial charge in [-0.25, -0.2) is 8.42 Å². The summed E-state index contributed by atoms with van der Waals surface area (Å²) in [7, 11) is -3.32. The summed E-state index contributed by atoms with van der Waals surface area (Å²) < 4.78 is 25.7. The highest BCUT2D eigenvalue weighted by molar-refractivity contribution is 7.92. The zero-order valence-corrected chi connectivity index (χ0v) is 17.7. The Morgan fingerprint density at radius 1 is 1.00 bits per heavy atom. The van der Waals surface area contributed by atoms with Gasteiger partial charge in [0.05, 0.1) is 5.75 Å². The number of carbonyl (C=O) groups is 1. The van der Waals surface area contributed by atoms with E-state index in [1.807, 2.05) is 12.1 Å². The van der Waals surface area contributed by atoms with Crippen molar-refractivity contribution in [3.63, 3.8) is 0 Å². The van der Waals surface area contributed by atoms with Crippen LogP contribution in [0.15, 0.2) is 48.5 Å². The van der Waals surface area contributed by atoms with Crippen LogP contribution in [0.4, 0.5) is 5.69 Å². The molecule has 2 N–H and O–H groups in total. The summed E-state index contributed by atoms with van der Waals surface area (Å²) in [5.74, 6) is -0.178. The van der Waals surface area contributed by atoms with Gasteiger partial charge < -0.3 is 5.32 Å². The van der Waals surface area contributed by atoms with Crippen molar-refractivity contribution in [2.45, 2.75) is 39.3 Å². The van der Waals surface area contributed by atoms with E-state index in [2.05, 4.69) is 27.1 Å². The van der Waals surface area contributed by atoms with E-state index in [0.717, 1.165) is 25.2 Å². The first-order chi connectivity index (χ1) is 13.9. The van der Waals surface area contributed by atoms with E-state index in [0.29, 0.717) is 17.8 Å². The van der Waals surface area contributed by atoms with E-state index in [1.54, 1.807) is 31.2 Å². The molecule has 2 aromatic rings. The maximum Gasteiger partial charge on any atom is 0.251 e. The molecule has 0 atom stereocenters. The number of hydrogen-bond acceptors (Lipinski definition) is 4. The molecule has 1 aliphatic heterocycles. The average Bonchev–Trinajstić information content (AvgIpc) is 2.73. The fourth-order valence-corrected chi connectivity index (χ4v) is 4.08. The zero-order chi connectivity index (χ0) is 20.7. The third kappa shape index (κ3) is 6.58. The summed E-state index contributed by atoms with van der Waals surface area (Å²) in [6.45, 7) is 5.30. The zero-order valence-electron chi connectivity index (χ0n) is 16.9. The molecule has 0 bridgehead atoms. The summed E-state index contributed by atoms with van der Waals surface area (Å²) >= 11 is 0. The van der Waals surface area contributed by atoms with Crippen molar-refractivity contribution in [2.75, 3.05) is 23.6 Å². The van der Waals surface area contributed by atoms with Gasteiger partial charge in [0, 0.05) is 24.3 Å². The summed E-state index contributed by atoms with van der Waals surface area (Å²) in [6.07, 6.45) is 3.87. The third-order valence-electron chi connectivity index (χ3n) is 5.10. The van der Waals surface area contributed by atoms with Gasteiger partial charge >= 0.3 is 0 Å². The molecule has 2 aromatic carbocycles. The molecule has 7 heteroatoms. The van der Waals surface area contributed by atoms with Crippen molar-refractivity contribution in [1.29, 1.82) is 0 Å². The summed E-state index contributed by atoms with van der Waals surface area (Å²) in [4.78, 5) is 14.9. The number of carbonyl (C=O) groups excluding carboxylic acids is 1. The molecule has 1 amide bonds. The van der Waals surface area contributed by atoms with Crippen molar-refractivity contribution < 1.29 is 13.2 Å². The van der Waals surface area contributed by atoms with Gasteiger partial charge in [-0.15, -0.1) is 0 Å². The Labute approximate surface area is 173 Å². The van der Waals surface area contributed by atoms with Crippen molar-refractivity contribution in [1.82, 2.24) is 10.2 Å². The second-order valence-corrected chi connectivity index (χ2v) is 9.43. The van der Waals surface area contributed by atoms with Crippen LogP contribution in [0, 0.1) is 0 Å². The van der Waals surface area contributed by atoms with Crippen LogP contribution < -0.4 is 10.0 Å². The Balaban J connectivity index is 1.54. The first kappa shape index (κ1) is 21.3. The second-order valence-electron chi connectivity index (χ2n) is 7.42. The van der Waals surface area contributed by atoms with Crippen LogP contribution >= 0.6 is 0 Å². The smallest absolute Gasteiger partial charge is 0.251 e. The van der Waals surface area contributed by atoms with Crippen LogP contribution in [-0.2, 0) is 23.1 Å². The quantitative estimate of drug-likeness (QED) is 0.693. The first-order valence-electron chi connectivity index (χ1n) is 10.1. The molecule has 1 aliphatic rings. The SMILES string of the molecule is CCS(=O)(=O)Nc1ccc(C(=O)NCc2cccc(CN3CCCCC3)c2)cc1. The van der Waals surface area contributed by atoms with E-state index >= 15 is 0 Å². The topological polar surface area (TPSA) is 78.5 Å². The van der Waals surface area contributed by atoms with E-state index < -0.39 is 10.0 Å². The lowest BCUT2D eigenvalue weighted by Crippen LogP contribution is -2.29. The molecule has 0 aliphatic carbocycles. The molecule has 0 spiro atoms. The molecule has 6 nitrogen and oxygen atoms in total. The number of hydrogen-bond donors (Lipinski definition) is 2. The molecular weight excluding hydrogens is 386 g/mol. The number of likely N-dealkylation sites (tertiary alicyclic amines) is 1. The van der Waals surface area contributed by atoms with E-state index in [9.17, 15) is 13.2 Å². The molecular formula is C22H29N3O3S. The molecule has 3 rings (SSSR count). The lowest BCUT2D eigenvalue weighted by molar-refractivity contribution is 0.0951. The van der Waals surface area contributed by atoms with Gasteiger partial charge in [0.1, 0.15) is 0 Å². The van der Waals surface area contributed by atoms with Gasteiger partial charge in [0.15, 0.2) is 0 Å². The lowest BCUT2D eigenvalue weighted by Gasteiger charge is -2.26. The number of anilines is 1. The highest BCUT2D eigenvalue weighted by Gasteiger charge is 2.11. The fourth-order valence-electron chi connectivity index (χ4n) is 3.44. The minimum absolute atomic E-state index is 0.00601. The lowest BCUT2D eigenvalue weighted by atomic mass is 10.1. The summed E-state index contributed by atoms with van der Waals surface area (Å²) in [6, 6.07) is 14.8. The second kappa shape index (κ2) is 9.89. The van der Waals surface area contributed by atoms with Gasteiger partial charge in [0.25, 0.3) is 5.91 Å². The Kier molecular flexibility index (Phi) is 7.28. The standard InChI is InChI=1S/C22H29N3O3S/c1-2-29(27,28)24-21-11-9-20(10-12-21)22(26)23-16-18-7-6-8-19(15-18)17-25-13-4-3-5-14-25/h6-12,15,24H,2-5,13-14,16-17H2,1H3,(H,23,26). The van der Waals surface area contributed by atoms with Gasteiger partial charge in [-0.2, -0.15) is 0 Å². The minimum atomic E-state index is -3.32. The minimum Gasteiger partial charge on any atom is -0.348 e. The number of sulfonamides is 1. The normalized spacial score (nSPS) is 15.1. The van der Waals surface area contributed by atoms with Crippen LogP contribution in [0.3, 0.4) is 0 Å². The number of nitrogens with zero attached hydrogens (tertiary/aromatic N) is 1. The van der Waals surface area contributed by atoms with Gasteiger partial charge in [-0.3, -0.25) is 14.4 Å². The fraction of sp³-hybridized carbons (Fsp3) is 0.409. The molecule has 29 heavy (non-hydrogen) atoms. The monoisotopic (exact) mass is 415 g/mol. The van der Waals surface area contributed by atoms with Gasteiger partial charge in [-0.05, 0) is 68.2 Å². The van der Waals surface area contributed by atoms with Crippen LogP contribution in [-0.4, -0.2) is 38.1 Å². The third-order valence-corrected chi connectivity index (χ3v) is 6.41. The van der Waals surface area contributed by atoms with E-state index in [1.165, 1.54) is 24.8 Å². The highest BCUT2D eigenvalue weighted by atomic mass is 32.2. The molecule has 156 valence electrons. The number of benzene rings is 2. The molecule has 1 saturated heterocycles. The predicted octanol–water partition coefficient (Wildman–Crippen LogP) is 3.36. The highest BCUT2D eigenvalue weighted by Crippen LogP contribution is 2.15. The van der Waals surface area contributed by atoms with Gasteiger partial charge in [-0.1, -0.05) is 30.7 Å². The number of nitrogens with one attached hydrogen (secondary N) is 2. The van der Waals surface area contributed by atoms with E-state index in [-0.39, 0.29) is 11.7 Å². The van der Waals surface area contributed by atoms with E-state index in [4.69, 9.17) is 0 Å². The Hall–Kier alpha value is -2.38.